The quantitative estimate of drug-likeness (QED) is 0.537. The first-order valence-corrected chi connectivity index (χ1v) is 10.5. The second-order valence-electron chi connectivity index (χ2n) is 8.27. The lowest BCUT2D eigenvalue weighted by atomic mass is 9.96. The van der Waals surface area contributed by atoms with Crippen molar-refractivity contribution in [1.82, 2.24) is 30.3 Å². The van der Waals surface area contributed by atoms with Crippen LogP contribution in [0.5, 0.6) is 0 Å². The van der Waals surface area contributed by atoms with Crippen molar-refractivity contribution in [2.24, 2.45) is 0 Å². The molecule has 0 saturated carbocycles. The first-order chi connectivity index (χ1) is 15.0. The number of rotatable bonds is 7. The summed E-state index contributed by atoms with van der Waals surface area (Å²) < 4.78 is 26.8. The fraction of sp³-hybridized carbons (Fsp3) is 0.429. The lowest BCUT2D eigenvalue weighted by Gasteiger charge is -2.38. The predicted octanol–water partition coefficient (Wildman–Crippen LogP) is 2.33. The van der Waals surface area contributed by atoms with Crippen LogP contribution in [0.25, 0.3) is 0 Å². The highest BCUT2D eigenvalue weighted by molar-refractivity contribution is 5.77. The van der Waals surface area contributed by atoms with Crippen LogP contribution in [0, 0.1) is 11.6 Å². The molecule has 10 heteroatoms. The van der Waals surface area contributed by atoms with Crippen LogP contribution in [0.15, 0.2) is 24.5 Å². The molecule has 5 rings (SSSR count). The van der Waals surface area contributed by atoms with Gasteiger partial charge in [-0.1, -0.05) is 0 Å². The summed E-state index contributed by atoms with van der Waals surface area (Å²) in [5.41, 5.74) is 2.58. The van der Waals surface area contributed by atoms with Crippen molar-refractivity contribution in [2.45, 2.75) is 44.1 Å². The van der Waals surface area contributed by atoms with Gasteiger partial charge in [-0.3, -0.25) is 4.79 Å². The molecule has 0 radical (unpaired) electrons. The molecule has 3 aromatic rings. The van der Waals surface area contributed by atoms with E-state index in [0.29, 0.717) is 45.2 Å². The van der Waals surface area contributed by atoms with Crippen LogP contribution in [0.2, 0.25) is 0 Å². The topological polar surface area (TPSA) is 103 Å². The van der Waals surface area contributed by atoms with E-state index >= 15 is 0 Å². The molecule has 1 saturated heterocycles. The van der Waals surface area contributed by atoms with Crippen LogP contribution in [-0.4, -0.2) is 55.3 Å². The van der Waals surface area contributed by atoms with Gasteiger partial charge in [-0.2, -0.15) is 15.4 Å². The Hall–Kier alpha value is -3.30. The van der Waals surface area contributed by atoms with Crippen molar-refractivity contribution in [2.75, 3.05) is 18.4 Å². The summed E-state index contributed by atoms with van der Waals surface area (Å²) >= 11 is 0. The molecular formula is C21H23F2N7O. The van der Waals surface area contributed by atoms with Gasteiger partial charge in [0.2, 0.25) is 5.91 Å². The van der Waals surface area contributed by atoms with Crippen LogP contribution in [0.1, 0.15) is 41.4 Å². The predicted molar refractivity (Wildman–Crippen MR) is 108 cm³/mol. The number of imidazole rings is 1. The lowest BCUT2D eigenvalue weighted by molar-refractivity contribution is -0.135. The minimum absolute atomic E-state index is 0.0650. The lowest BCUT2D eigenvalue weighted by Crippen LogP contribution is -2.48. The van der Waals surface area contributed by atoms with E-state index in [1.807, 2.05) is 4.90 Å². The fourth-order valence-electron chi connectivity index (χ4n) is 4.34. The summed E-state index contributed by atoms with van der Waals surface area (Å²) in [5.74, 6) is 0.406. The minimum Gasteiger partial charge on any atom is -0.367 e. The number of nitrogens with one attached hydrogen (secondary N) is 3. The van der Waals surface area contributed by atoms with E-state index in [0.717, 1.165) is 28.5 Å². The highest BCUT2D eigenvalue weighted by atomic mass is 19.2. The number of aryl methyl sites for hydroxylation is 1. The van der Waals surface area contributed by atoms with E-state index in [1.165, 1.54) is 12.1 Å². The normalized spacial score (nSPS) is 16.4. The zero-order valence-corrected chi connectivity index (χ0v) is 16.9. The molecule has 31 heavy (non-hydrogen) atoms. The molecule has 3 N–H and O–H groups in total. The van der Waals surface area contributed by atoms with Crippen LogP contribution in [0.3, 0.4) is 0 Å². The second kappa shape index (κ2) is 8.09. The molecule has 2 aliphatic rings. The number of likely N-dealkylation sites (tertiary alicyclic amines) is 1. The summed E-state index contributed by atoms with van der Waals surface area (Å²) in [5, 5.41) is 13.8. The van der Waals surface area contributed by atoms with Gasteiger partial charge in [0.25, 0.3) is 0 Å². The van der Waals surface area contributed by atoms with E-state index in [1.54, 1.807) is 12.4 Å². The van der Waals surface area contributed by atoms with Crippen molar-refractivity contribution in [1.29, 1.82) is 0 Å². The number of nitrogens with zero attached hydrogens (tertiary/aromatic N) is 4. The molecule has 1 aliphatic heterocycles. The van der Waals surface area contributed by atoms with Crippen molar-refractivity contribution in [3.63, 3.8) is 0 Å². The number of aromatic nitrogens is 5. The van der Waals surface area contributed by atoms with E-state index in [4.69, 9.17) is 0 Å². The number of carbonyl (C=O) groups excluding carboxylic acids is 1. The maximum Gasteiger partial charge on any atom is 0.222 e. The number of H-pyrrole nitrogens is 2. The van der Waals surface area contributed by atoms with Gasteiger partial charge >= 0.3 is 0 Å². The number of halogens is 2. The molecule has 2 aromatic heterocycles. The summed E-state index contributed by atoms with van der Waals surface area (Å²) in [6.45, 7) is 1.38. The molecule has 8 nitrogen and oxygen atoms in total. The summed E-state index contributed by atoms with van der Waals surface area (Å²) in [6.07, 6.45) is 6.57. The number of hydrogen-bond acceptors (Lipinski definition) is 5. The van der Waals surface area contributed by atoms with Crippen LogP contribution in [0.4, 0.5) is 14.6 Å². The third-order valence-corrected chi connectivity index (χ3v) is 6.05. The monoisotopic (exact) mass is 427 g/mol. The number of anilines is 1. The smallest absolute Gasteiger partial charge is 0.222 e. The van der Waals surface area contributed by atoms with E-state index in [-0.39, 0.29) is 17.9 Å². The fourth-order valence-corrected chi connectivity index (χ4v) is 4.34. The van der Waals surface area contributed by atoms with Crippen molar-refractivity contribution in [3.05, 3.63) is 58.8 Å². The average molecular weight is 427 g/mol. The Morgan fingerprint density at radius 3 is 2.58 bits per heavy atom. The van der Waals surface area contributed by atoms with Crippen LogP contribution < -0.4 is 5.32 Å². The molecule has 0 spiro atoms. The number of amides is 1. The third-order valence-electron chi connectivity index (χ3n) is 6.05. The van der Waals surface area contributed by atoms with Crippen LogP contribution >= 0.6 is 0 Å². The van der Waals surface area contributed by atoms with E-state index < -0.39 is 11.6 Å². The number of aromatic amines is 2. The third kappa shape index (κ3) is 4.14. The average Bonchev–Trinajstić information content (AvgIpc) is 3.43. The Kier molecular flexibility index (Phi) is 5.13. The molecule has 162 valence electrons. The zero-order valence-electron chi connectivity index (χ0n) is 16.9. The maximum absolute atomic E-state index is 13.4. The zero-order chi connectivity index (χ0) is 21.4. The standard InChI is InChI=1S/C21H23F2N7O/c22-16-6-12-4-15(5-13(12)7-17(16)23)26-20-9-24-19(27-20)2-1-3-21(31)30-10-14(11-30)18-8-25-29-28-18/h6-9,14-15,26H,1-5,10-11H2,(H,24,27)(H,25,28,29). The van der Waals surface area contributed by atoms with Gasteiger partial charge in [-0.25, -0.2) is 13.8 Å². The number of hydrogen-bond donors (Lipinski definition) is 3. The highest BCUT2D eigenvalue weighted by Gasteiger charge is 2.32. The van der Waals surface area contributed by atoms with Gasteiger partial charge in [-0.05, 0) is 42.5 Å². The van der Waals surface area contributed by atoms with Gasteiger partial charge in [0.15, 0.2) is 11.6 Å². The SMILES string of the molecule is O=C(CCCc1ncc(NC2Cc3cc(F)c(F)cc3C2)[nH]1)N1CC(c2cn[nH]n2)C1. The largest absolute Gasteiger partial charge is 0.367 e. The summed E-state index contributed by atoms with van der Waals surface area (Å²) in [6, 6.07) is 2.64. The first kappa shape index (κ1) is 19.7. The molecule has 0 unspecified atom stereocenters. The Morgan fingerprint density at radius 2 is 1.90 bits per heavy atom. The van der Waals surface area contributed by atoms with Gasteiger partial charge in [0.05, 0.1) is 18.1 Å². The Labute approximate surface area is 177 Å². The second-order valence-corrected chi connectivity index (χ2v) is 8.27. The Balaban J connectivity index is 1.05. The van der Waals surface area contributed by atoms with Crippen LogP contribution in [-0.2, 0) is 24.1 Å². The minimum atomic E-state index is -0.801. The van der Waals surface area contributed by atoms with Crippen molar-refractivity contribution < 1.29 is 13.6 Å². The first-order valence-electron chi connectivity index (χ1n) is 10.5. The van der Waals surface area contributed by atoms with Crippen molar-refractivity contribution in [3.8, 4) is 0 Å². The van der Waals surface area contributed by atoms with Gasteiger partial charge in [-0.15, -0.1) is 0 Å². The molecule has 1 amide bonds. The van der Waals surface area contributed by atoms with Gasteiger partial charge in [0.1, 0.15) is 11.6 Å². The van der Waals surface area contributed by atoms with Crippen molar-refractivity contribution >= 4 is 11.7 Å². The van der Waals surface area contributed by atoms with E-state index in [9.17, 15) is 13.6 Å². The molecule has 3 heterocycles. The Bertz CT molecular complexity index is 1040. The van der Waals surface area contributed by atoms with Gasteiger partial charge < -0.3 is 15.2 Å². The molecule has 1 aliphatic carbocycles. The number of carbonyl (C=O) groups is 1. The Morgan fingerprint density at radius 1 is 1.16 bits per heavy atom. The molecule has 0 atom stereocenters. The van der Waals surface area contributed by atoms with E-state index in [2.05, 4.69) is 30.7 Å². The summed E-state index contributed by atoms with van der Waals surface area (Å²) in [4.78, 5) is 21.8. The highest BCUT2D eigenvalue weighted by Crippen LogP contribution is 2.27. The number of fused-ring (bicyclic) bond motifs is 1. The molecule has 0 bridgehead atoms. The molecular weight excluding hydrogens is 404 g/mol. The summed E-state index contributed by atoms with van der Waals surface area (Å²) in [7, 11) is 0. The maximum atomic E-state index is 13.4. The van der Waals surface area contributed by atoms with Gasteiger partial charge in [0, 0.05) is 37.9 Å². The molecule has 1 fully saturated rings. The molecule has 1 aromatic carbocycles. The number of benzene rings is 1.